The van der Waals surface area contributed by atoms with E-state index in [2.05, 4.69) is 11.8 Å². The lowest BCUT2D eigenvalue weighted by molar-refractivity contribution is 0.454. The molecule has 3 heteroatoms. The van der Waals surface area contributed by atoms with E-state index < -0.39 is 11.6 Å². The maximum atomic E-state index is 12.3. The number of rotatable bonds is 1. The molecule has 0 fully saturated rings. The summed E-state index contributed by atoms with van der Waals surface area (Å²) in [7, 11) is 3.04. The van der Waals surface area contributed by atoms with Crippen molar-refractivity contribution in [3.8, 4) is 5.75 Å². The molecule has 1 nitrogen and oxygen atoms in total. The van der Waals surface area contributed by atoms with Crippen LogP contribution in [0.2, 0.25) is 0 Å². The van der Waals surface area contributed by atoms with Crippen molar-refractivity contribution >= 4 is 0 Å². The Labute approximate surface area is 57.2 Å². The van der Waals surface area contributed by atoms with Gasteiger partial charge in [0.2, 0.25) is 0 Å². The van der Waals surface area contributed by atoms with E-state index >= 15 is 0 Å². The number of ether oxygens (including phenoxy) is 1. The first-order valence-corrected chi connectivity index (χ1v) is 2.61. The van der Waals surface area contributed by atoms with Gasteiger partial charge < -0.3 is 4.74 Å². The molecule has 0 saturated heterocycles. The fraction of sp³-hybridized carbons (Fsp3) is 0. The quantitative estimate of drug-likeness (QED) is 0.585. The van der Waals surface area contributed by atoms with Crippen LogP contribution in [0.25, 0.3) is 0 Å². The molecule has 0 heterocycles. The number of hydrogen-bond acceptors (Lipinski definition) is 1. The summed E-state index contributed by atoms with van der Waals surface area (Å²) in [5.41, 5.74) is 0. The zero-order chi connectivity index (χ0) is 7.56. The lowest BCUT2D eigenvalue weighted by atomic mass is 10.3. The fourth-order valence-corrected chi connectivity index (χ4v) is 0.567. The van der Waals surface area contributed by atoms with Crippen molar-refractivity contribution in [3.05, 3.63) is 36.9 Å². The third-order valence-corrected chi connectivity index (χ3v) is 1.06. The Morgan fingerprint density at radius 2 is 1.90 bits per heavy atom. The van der Waals surface area contributed by atoms with Gasteiger partial charge in [-0.25, -0.2) is 8.78 Å². The molecule has 1 rings (SSSR count). The smallest absolute Gasteiger partial charge is 0.162 e. The summed E-state index contributed by atoms with van der Waals surface area (Å²) in [5, 5.41) is 0. The van der Waals surface area contributed by atoms with E-state index in [1.807, 2.05) is 0 Å². The van der Waals surface area contributed by atoms with E-state index in [1.54, 1.807) is 0 Å². The summed E-state index contributed by atoms with van der Waals surface area (Å²) in [6.45, 7) is 0. The van der Waals surface area contributed by atoms with Gasteiger partial charge in [-0.15, -0.1) is 0 Å². The van der Waals surface area contributed by atoms with Gasteiger partial charge in [-0.1, -0.05) is 0 Å². The number of hydrogen-bond donors (Lipinski definition) is 0. The minimum atomic E-state index is -0.929. The molecule has 0 spiro atoms. The van der Waals surface area contributed by atoms with E-state index in [0.29, 0.717) is 0 Å². The molecular formula is C7H5F2O. The van der Waals surface area contributed by atoms with Crippen LogP contribution in [0.3, 0.4) is 0 Å². The van der Waals surface area contributed by atoms with Crippen LogP contribution in [0.4, 0.5) is 8.78 Å². The number of halogens is 2. The monoisotopic (exact) mass is 143 g/mol. The van der Waals surface area contributed by atoms with Crippen LogP contribution in [0.5, 0.6) is 5.75 Å². The summed E-state index contributed by atoms with van der Waals surface area (Å²) in [6, 6.07) is 3.21. The normalized spacial score (nSPS) is 9.50. The van der Waals surface area contributed by atoms with Crippen LogP contribution in [0.1, 0.15) is 0 Å². The van der Waals surface area contributed by atoms with Gasteiger partial charge in [-0.2, -0.15) is 0 Å². The van der Waals surface area contributed by atoms with Gasteiger partial charge in [0.25, 0.3) is 0 Å². The van der Waals surface area contributed by atoms with E-state index in [4.69, 9.17) is 0 Å². The van der Waals surface area contributed by atoms with Crippen molar-refractivity contribution in [2.75, 3.05) is 0 Å². The van der Waals surface area contributed by atoms with Crippen molar-refractivity contribution < 1.29 is 13.5 Å². The fourth-order valence-electron chi connectivity index (χ4n) is 0.567. The van der Waals surface area contributed by atoms with Crippen molar-refractivity contribution in [1.29, 1.82) is 0 Å². The molecule has 0 saturated carbocycles. The van der Waals surface area contributed by atoms with Gasteiger partial charge in [0.1, 0.15) is 12.9 Å². The Kier molecular flexibility index (Phi) is 1.85. The van der Waals surface area contributed by atoms with Gasteiger partial charge in [0.15, 0.2) is 11.6 Å². The molecule has 1 radical (unpaired) electrons. The van der Waals surface area contributed by atoms with Crippen LogP contribution >= 0.6 is 0 Å². The second kappa shape index (κ2) is 2.64. The molecule has 1 aromatic rings. The van der Waals surface area contributed by atoms with Crippen LogP contribution in [0.15, 0.2) is 18.2 Å². The van der Waals surface area contributed by atoms with Crippen LogP contribution in [-0.4, -0.2) is 0 Å². The van der Waals surface area contributed by atoms with Gasteiger partial charge >= 0.3 is 0 Å². The molecule has 0 aliphatic carbocycles. The Balaban J connectivity index is 3.04. The molecule has 10 heavy (non-hydrogen) atoms. The van der Waals surface area contributed by atoms with E-state index in [0.717, 1.165) is 12.1 Å². The molecule has 0 unspecified atom stereocenters. The Morgan fingerprint density at radius 3 is 2.40 bits per heavy atom. The maximum Gasteiger partial charge on any atom is 0.162 e. The molecular weight excluding hydrogens is 138 g/mol. The highest BCUT2D eigenvalue weighted by Crippen LogP contribution is 2.14. The van der Waals surface area contributed by atoms with Gasteiger partial charge in [-0.3, -0.25) is 0 Å². The van der Waals surface area contributed by atoms with E-state index in [-0.39, 0.29) is 5.75 Å². The predicted octanol–water partition coefficient (Wildman–Crippen LogP) is 2.14. The Bertz CT molecular complexity index is 235. The summed E-state index contributed by atoms with van der Waals surface area (Å²) in [6.07, 6.45) is 0. The molecule has 0 amide bonds. The maximum absolute atomic E-state index is 12.3. The van der Waals surface area contributed by atoms with Crippen LogP contribution in [-0.2, 0) is 0 Å². The zero-order valence-corrected chi connectivity index (χ0v) is 5.10. The van der Waals surface area contributed by atoms with Crippen molar-refractivity contribution in [2.45, 2.75) is 0 Å². The molecule has 0 aromatic heterocycles. The van der Waals surface area contributed by atoms with Crippen molar-refractivity contribution in [1.82, 2.24) is 0 Å². The summed E-state index contributed by atoms with van der Waals surface area (Å²) < 4.78 is 28.9. The third-order valence-electron chi connectivity index (χ3n) is 1.06. The van der Waals surface area contributed by atoms with Gasteiger partial charge in [0.05, 0.1) is 0 Å². The van der Waals surface area contributed by atoms with Gasteiger partial charge in [0, 0.05) is 6.07 Å². The molecule has 1 aromatic carbocycles. The second-order valence-electron chi connectivity index (χ2n) is 1.72. The summed E-state index contributed by atoms with van der Waals surface area (Å²) in [5.74, 6) is -1.61. The average Bonchev–Trinajstić information content (AvgIpc) is 1.95. The minimum Gasteiger partial charge on any atom is -0.490 e. The van der Waals surface area contributed by atoms with Crippen LogP contribution < -0.4 is 4.74 Å². The molecule has 53 valence electrons. The van der Waals surface area contributed by atoms with Crippen molar-refractivity contribution in [2.24, 2.45) is 0 Å². The molecule has 0 atom stereocenters. The van der Waals surface area contributed by atoms with Crippen molar-refractivity contribution in [3.63, 3.8) is 0 Å². The lowest BCUT2D eigenvalue weighted by Gasteiger charge is -1.97. The largest absolute Gasteiger partial charge is 0.490 e. The van der Waals surface area contributed by atoms with Gasteiger partial charge in [-0.05, 0) is 12.1 Å². The molecule has 0 bridgehead atoms. The first-order valence-electron chi connectivity index (χ1n) is 2.61. The zero-order valence-electron chi connectivity index (χ0n) is 5.10. The van der Waals surface area contributed by atoms with Crippen LogP contribution in [0, 0.1) is 18.7 Å². The highest BCUT2D eigenvalue weighted by Gasteiger charge is 2.00. The first kappa shape index (κ1) is 6.99. The minimum absolute atomic E-state index is 0.207. The summed E-state index contributed by atoms with van der Waals surface area (Å²) in [4.78, 5) is 0. The predicted molar refractivity (Wildman–Crippen MR) is 32.3 cm³/mol. The number of benzene rings is 1. The SMILES string of the molecule is [CH2]Oc1ccc(F)c(F)c1. The lowest BCUT2D eigenvalue weighted by Crippen LogP contribution is -1.84. The Hall–Kier alpha value is -1.12. The standard InChI is InChI=1S/C7H5F2O/c1-10-5-2-3-6(8)7(9)4-5/h2-4H,1H2. The second-order valence-corrected chi connectivity index (χ2v) is 1.72. The molecule has 0 N–H and O–H groups in total. The van der Waals surface area contributed by atoms with E-state index in [1.165, 1.54) is 6.07 Å². The molecule has 0 aliphatic heterocycles. The topological polar surface area (TPSA) is 9.23 Å². The summed E-state index contributed by atoms with van der Waals surface area (Å²) >= 11 is 0. The van der Waals surface area contributed by atoms with E-state index in [9.17, 15) is 8.78 Å². The third kappa shape index (κ3) is 1.23. The highest BCUT2D eigenvalue weighted by molar-refractivity contribution is 5.23. The Morgan fingerprint density at radius 1 is 1.20 bits per heavy atom. The highest BCUT2D eigenvalue weighted by atomic mass is 19.2. The molecule has 0 aliphatic rings. The average molecular weight is 143 g/mol. The first-order chi connectivity index (χ1) is 4.74.